The van der Waals surface area contributed by atoms with Gasteiger partial charge in [0.2, 0.25) is 0 Å². The summed E-state index contributed by atoms with van der Waals surface area (Å²) in [5, 5.41) is 0. The van der Waals surface area contributed by atoms with Crippen LogP contribution < -0.4 is 0 Å². The summed E-state index contributed by atoms with van der Waals surface area (Å²) < 4.78 is 0. The molecule has 0 aromatic rings. The Hall–Kier alpha value is -1.06. The van der Waals surface area contributed by atoms with Crippen LogP contribution in [0.3, 0.4) is 0 Å². The highest BCUT2D eigenvalue weighted by Crippen LogP contribution is 2.14. The molecular weight excluding hydrogens is 192 g/mol. The molecule has 2 aliphatic heterocycles. The lowest BCUT2D eigenvalue weighted by molar-refractivity contribution is -0.121. The number of likely N-dealkylation sites (tertiary alicyclic amines) is 2. The topological polar surface area (TPSA) is 40.6 Å². The van der Waals surface area contributed by atoms with Crippen molar-refractivity contribution in [3.8, 4) is 0 Å². The second-order valence-electron chi connectivity index (χ2n) is 4.39. The lowest BCUT2D eigenvalue weighted by Gasteiger charge is -2.34. The van der Waals surface area contributed by atoms with Crippen LogP contribution in [-0.4, -0.2) is 47.8 Å². The van der Waals surface area contributed by atoms with Crippen molar-refractivity contribution < 1.29 is 9.59 Å². The van der Waals surface area contributed by atoms with E-state index in [-0.39, 0.29) is 11.8 Å². The third-order valence-corrected chi connectivity index (χ3v) is 3.15. The second-order valence-corrected chi connectivity index (χ2v) is 4.39. The summed E-state index contributed by atoms with van der Waals surface area (Å²) in [4.78, 5) is 26.8. The summed E-state index contributed by atoms with van der Waals surface area (Å²) in [7, 11) is 0. The summed E-state index contributed by atoms with van der Waals surface area (Å²) in [5.41, 5.74) is 0. The first kappa shape index (κ1) is 10.5. The first-order valence-electron chi connectivity index (χ1n) is 5.83. The molecule has 0 spiro atoms. The molecular formula is C11H18N2O2. The molecule has 0 radical (unpaired) electrons. The molecule has 0 unspecified atom stereocenters. The number of carbonyl (C=O) groups excluding carboxylic acids is 2. The van der Waals surface area contributed by atoms with E-state index in [4.69, 9.17) is 0 Å². The van der Waals surface area contributed by atoms with Gasteiger partial charge in [0.05, 0.1) is 6.54 Å². The number of urea groups is 1. The van der Waals surface area contributed by atoms with Crippen LogP contribution in [0.25, 0.3) is 0 Å². The third kappa shape index (κ3) is 2.49. The molecule has 0 aromatic heterocycles. The van der Waals surface area contributed by atoms with Crippen LogP contribution in [0.4, 0.5) is 4.79 Å². The van der Waals surface area contributed by atoms with Gasteiger partial charge >= 0.3 is 6.03 Å². The van der Waals surface area contributed by atoms with Gasteiger partial charge in [0, 0.05) is 26.1 Å². The van der Waals surface area contributed by atoms with Crippen LogP contribution in [0, 0.1) is 0 Å². The number of Topliss-reactive ketones (excluding diaryl/α,β-unsaturated/α-hetero) is 1. The number of piperidine rings is 2. The average Bonchev–Trinajstić information content (AvgIpc) is 2.29. The Bertz CT molecular complexity index is 259. The van der Waals surface area contributed by atoms with Gasteiger partial charge < -0.3 is 9.80 Å². The minimum atomic E-state index is 0.0720. The van der Waals surface area contributed by atoms with Crippen LogP contribution in [0.15, 0.2) is 0 Å². The summed E-state index contributed by atoms with van der Waals surface area (Å²) in [6.07, 6.45) is 4.91. The Morgan fingerprint density at radius 2 is 1.60 bits per heavy atom. The first-order chi connectivity index (χ1) is 7.27. The summed E-state index contributed by atoms with van der Waals surface area (Å²) in [5.74, 6) is 0.201. The van der Waals surface area contributed by atoms with E-state index in [9.17, 15) is 9.59 Å². The molecule has 0 atom stereocenters. The van der Waals surface area contributed by atoms with E-state index < -0.39 is 0 Å². The van der Waals surface area contributed by atoms with E-state index in [0.717, 1.165) is 38.9 Å². The normalized spacial score (nSPS) is 23.1. The summed E-state index contributed by atoms with van der Waals surface area (Å²) >= 11 is 0. The van der Waals surface area contributed by atoms with Crippen molar-refractivity contribution in [3.05, 3.63) is 0 Å². The van der Waals surface area contributed by atoms with Crippen LogP contribution in [0.2, 0.25) is 0 Å². The summed E-state index contributed by atoms with van der Waals surface area (Å²) in [6.45, 7) is 2.81. The molecule has 2 rings (SSSR count). The number of hydrogen-bond acceptors (Lipinski definition) is 2. The molecule has 0 aromatic carbocycles. The summed E-state index contributed by atoms with van der Waals surface area (Å²) in [6, 6.07) is 0.0720. The van der Waals surface area contributed by atoms with Gasteiger partial charge in [0.25, 0.3) is 0 Å². The van der Waals surface area contributed by atoms with E-state index in [1.165, 1.54) is 6.42 Å². The second kappa shape index (κ2) is 4.64. The minimum Gasteiger partial charge on any atom is -0.325 e. The van der Waals surface area contributed by atoms with Crippen LogP contribution in [0.5, 0.6) is 0 Å². The molecule has 15 heavy (non-hydrogen) atoms. The minimum absolute atomic E-state index is 0.0720. The largest absolute Gasteiger partial charge is 0.325 e. The van der Waals surface area contributed by atoms with Crippen LogP contribution in [0.1, 0.15) is 32.1 Å². The van der Waals surface area contributed by atoms with Gasteiger partial charge in [-0.25, -0.2) is 4.79 Å². The van der Waals surface area contributed by atoms with Gasteiger partial charge in [-0.05, 0) is 25.7 Å². The highest BCUT2D eigenvalue weighted by Gasteiger charge is 2.26. The molecule has 84 valence electrons. The molecule has 4 nitrogen and oxygen atoms in total. The molecule has 2 aliphatic rings. The molecule has 0 saturated carbocycles. The van der Waals surface area contributed by atoms with Gasteiger partial charge in [-0.2, -0.15) is 0 Å². The fourth-order valence-corrected chi connectivity index (χ4v) is 2.29. The Balaban J connectivity index is 1.90. The highest BCUT2D eigenvalue weighted by atomic mass is 16.2. The van der Waals surface area contributed by atoms with Crippen LogP contribution >= 0.6 is 0 Å². The van der Waals surface area contributed by atoms with Crippen molar-refractivity contribution in [1.29, 1.82) is 0 Å². The number of carbonyl (C=O) groups is 2. The van der Waals surface area contributed by atoms with Crippen molar-refractivity contribution in [2.45, 2.75) is 32.1 Å². The highest BCUT2D eigenvalue weighted by molar-refractivity contribution is 5.86. The lowest BCUT2D eigenvalue weighted by atomic mass is 10.1. The molecule has 0 N–H and O–H groups in total. The quantitative estimate of drug-likeness (QED) is 0.604. The molecule has 0 bridgehead atoms. The van der Waals surface area contributed by atoms with Crippen molar-refractivity contribution in [2.24, 2.45) is 0 Å². The van der Waals surface area contributed by atoms with Gasteiger partial charge in [-0.15, -0.1) is 0 Å². The van der Waals surface area contributed by atoms with Crippen molar-refractivity contribution in [1.82, 2.24) is 9.80 Å². The zero-order chi connectivity index (χ0) is 10.7. The van der Waals surface area contributed by atoms with E-state index in [1.807, 2.05) is 4.90 Å². The molecule has 2 amide bonds. The number of hydrogen-bond donors (Lipinski definition) is 0. The molecule has 2 heterocycles. The monoisotopic (exact) mass is 210 g/mol. The van der Waals surface area contributed by atoms with Gasteiger partial charge in [-0.1, -0.05) is 0 Å². The number of nitrogens with zero attached hydrogens (tertiary/aromatic N) is 2. The van der Waals surface area contributed by atoms with E-state index in [0.29, 0.717) is 13.0 Å². The van der Waals surface area contributed by atoms with Crippen molar-refractivity contribution in [2.75, 3.05) is 26.2 Å². The standard InChI is InChI=1S/C11H18N2O2/c14-10-5-4-8-13(9-10)11(15)12-6-2-1-3-7-12/h1-9H2. The first-order valence-corrected chi connectivity index (χ1v) is 5.83. The Morgan fingerprint density at radius 3 is 2.27 bits per heavy atom. The fourth-order valence-electron chi connectivity index (χ4n) is 2.29. The maximum atomic E-state index is 12.0. The number of amides is 2. The van der Waals surface area contributed by atoms with Crippen molar-refractivity contribution >= 4 is 11.8 Å². The number of ketones is 1. The maximum absolute atomic E-state index is 12.0. The van der Waals surface area contributed by atoms with E-state index in [2.05, 4.69) is 0 Å². The van der Waals surface area contributed by atoms with E-state index >= 15 is 0 Å². The van der Waals surface area contributed by atoms with Gasteiger partial charge in [0.1, 0.15) is 0 Å². The smallest absolute Gasteiger partial charge is 0.320 e. The molecule has 2 fully saturated rings. The third-order valence-electron chi connectivity index (χ3n) is 3.15. The molecule has 0 aliphatic carbocycles. The fraction of sp³-hybridized carbons (Fsp3) is 0.818. The maximum Gasteiger partial charge on any atom is 0.320 e. The average molecular weight is 210 g/mol. The van der Waals surface area contributed by atoms with Crippen LogP contribution in [-0.2, 0) is 4.79 Å². The molecule has 4 heteroatoms. The van der Waals surface area contributed by atoms with Gasteiger partial charge in [-0.3, -0.25) is 4.79 Å². The predicted molar refractivity (Wildman–Crippen MR) is 56.6 cm³/mol. The Labute approximate surface area is 90.2 Å². The zero-order valence-corrected chi connectivity index (χ0v) is 9.07. The SMILES string of the molecule is O=C1CCCN(C(=O)N2CCCCC2)C1. The lowest BCUT2D eigenvalue weighted by Crippen LogP contribution is -2.49. The Morgan fingerprint density at radius 1 is 0.933 bits per heavy atom. The Kier molecular flexibility index (Phi) is 3.23. The zero-order valence-electron chi connectivity index (χ0n) is 9.07. The predicted octanol–water partition coefficient (Wildman–Crippen LogP) is 1.26. The van der Waals surface area contributed by atoms with E-state index in [1.54, 1.807) is 4.90 Å². The molecule has 2 saturated heterocycles. The van der Waals surface area contributed by atoms with Crippen molar-refractivity contribution in [3.63, 3.8) is 0 Å². The number of rotatable bonds is 0. The van der Waals surface area contributed by atoms with Gasteiger partial charge in [0.15, 0.2) is 5.78 Å².